The third-order valence-corrected chi connectivity index (χ3v) is 4.99. The van der Waals surface area contributed by atoms with E-state index in [1.54, 1.807) is 72.8 Å². The summed E-state index contributed by atoms with van der Waals surface area (Å²) in [6.45, 7) is 0. The van der Waals surface area contributed by atoms with Gasteiger partial charge in [0.25, 0.3) is 0 Å². The molecule has 0 aliphatic carbocycles. The number of aliphatic carboxylic acids is 1. The van der Waals surface area contributed by atoms with Crippen molar-refractivity contribution in [1.29, 1.82) is 0 Å². The van der Waals surface area contributed by atoms with E-state index in [1.807, 2.05) is 12.1 Å². The lowest BCUT2D eigenvalue weighted by Gasteiger charge is -2.17. The van der Waals surface area contributed by atoms with Crippen LogP contribution in [0.1, 0.15) is 31.8 Å². The van der Waals surface area contributed by atoms with E-state index in [4.69, 9.17) is 9.47 Å². The first kappa shape index (κ1) is 22.5. The number of carbonyl (C=O) groups is 3. The first-order valence-electron chi connectivity index (χ1n) is 10.5. The molecule has 0 spiro atoms. The van der Waals surface area contributed by atoms with Crippen molar-refractivity contribution in [3.8, 4) is 11.5 Å². The summed E-state index contributed by atoms with van der Waals surface area (Å²) in [5, 5.41) is 9.52. The van der Waals surface area contributed by atoms with Crippen molar-refractivity contribution in [2.45, 2.75) is 6.29 Å². The fourth-order valence-corrected chi connectivity index (χ4v) is 3.25. The van der Waals surface area contributed by atoms with E-state index in [1.165, 1.54) is 24.3 Å². The van der Waals surface area contributed by atoms with E-state index in [2.05, 4.69) is 0 Å². The van der Waals surface area contributed by atoms with Crippen molar-refractivity contribution in [1.82, 2.24) is 0 Å². The quantitative estimate of drug-likeness (QED) is 0.283. The second-order valence-electron chi connectivity index (χ2n) is 7.34. The molecule has 0 bridgehead atoms. The highest BCUT2D eigenvalue weighted by Crippen LogP contribution is 2.20. The van der Waals surface area contributed by atoms with Crippen molar-refractivity contribution in [2.24, 2.45) is 0 Å². The Morgan fingerprint density at radius 1 is 0.500 bits per heavy atom. The van der Waals surface area contributed by atoms with Gasteiger partial charge in [0.1, 0.15) is 11.5 Å². The molecule has 6 nitrogen and oxygen atoms in total. The zero-order valence-corrected chi connectivity index (χ0v) is 18.0. The number of hydrogen-bond acceptors (Lipinski definition) is 5. The third kappa shape index (κ3) is 5.37. The van der Waals surface area contributed by atoms with Gasteiger partial charge >= 0.3 is 12.3 Å². The fraction of sp³-hybridized carbons (Fsp3) is 0.0357. The maximum atomic E-state index is 12.5. The van der Waals surface area contributed by atoms with Gasteiger partial charge in [-0.05, 0) is 48.5 Å². The van der Waals surface area contributed by atoms with Gasteiger partial charge in [0, 0.05) is 22.3 Å². The molecule has 0 atom stereocenters. The number of carboxylic acids is 1. The van der Waals surface area contributed by atoms with Gasteiger partial charge in [0.2, 0.25) is 0 Å². The van der Waals surface area contributed by atoms with Gasteiger partial charge in [-0.2, -0.15) is 0 Å². The zero-order chi connectivity index (χ0) is 23.9. The van der Waals surface area contributed by atoms with Crippen LogP contribution >= 0.6 is 0 Å². The Morgan fingerprint density at radius 3 is 1.15 bits per heavy atom. The second kappa shape index (κ2) is 10.3. The molecule has 0 saturated carbocycles. The predicted molar refractivity (Wildman–Crippen MR) is 125 cm³/mol. The molecule has 1 N–H and O–H groups in total. The van der Waals surface area contributed by atoms with Crippen LogP contribution in [0.4, 0.5) is 0 Å². The highest BCUT2D eigenvalue weighted by atomic mass is 16.7. The SMILES string of the molecule is O=C(c1ccccc1)c1ccc(OC(Oc2ccc(C(=O)c3ccccc3)cc2)C(=O)O)cc1. The molecule has 0 radical (unpaired) electrons. The van der Waals surface area contributed by atoms with Crippen molar-refractivity contribution in [2.75, 3.05) is 0 Å². The highest BCUT2D eigenvalue weighted by Gasteiger charge is 2.22. The van der Waals surface area contributed by atoms with E-state index in [0.717, 1.165) is 0 Å². The first-order valence-corrected chi connectivity index (χ1v) is 10.5. The molecule has 0 fully saturated rings. The van der Waals surface area contributed by atoms with Crippen molar-refractivity contribution in [3.05, 3.63) is 131 Å². The highest BCUT2D eigenvalue weighted by molar-refractivity contribution is 6.09. The van der Waals surface area contributed by atoms with E-state index < -0.39 is 12.3 Å². The van der Waals surface area contributed by atoms with Crippen LogP contribution in [0.15, 0.2) is 109 Å². The molecule has 0 aromatic heterocycles. The van der Waals surface area contributed by atoms with Crippen LogP contribution < -0.4 is 9.47 Å². The normalized spacial score (nSPS) is 10.5. The maximum Gasteiger partial charge on any atom is 0.387 e. The van der Waals surface area contributed by atoms with Crippen LogP contribution in [0.2, 0.25) is 0 Å². The predicted octanol–water partition coefficient (Wildman–Crippen LogP) is 5.02. The van der Waals surface area contributed by atoms with E-state index >= 15 is 0 Å². The van der Waals surface area contributed by atoms with Crippen LogP contribution in [0.5, 0.6) is 11.5 Å². The van der Waals surface area contributed by atoms with Gasteiger partial charge < -0.3 is 14.6 Å². The Bertz CT molecular complexity index is 1180. The van der Waals surface area contributed by atoms with Crippen LogP contribution in [0, 0.1) is 0 Å². The second-order valence-corrected chi connectivity index (χ2v) is 7.34. The topological polar surface area (TPSA) is 89.9 Å². The number of hydrogen-bond donors (Lipinski definition) is 1. The van der Waals surface area contributed by atoms with Gasteiger partial charge in [0.05, 0.1) is 0 Å². The summed E-state index contributed by atoms with van der Waals surface area (Å²) in [5.41, 5.74) is 2.00. The van der Waals surface area contributed by atoms with Crippen LogP contribution in [-0.4, -0.2) is 28.9 Å². The van der Waals surface area contributed by atoms with Crippen LogP contribution in [0.3, 0.4) is 0 Å². The average molecular weight is 452 g/mol. The molecule has 0 unspecified atom stereocenters. The minimum absolute atomic E-state index is 0.150. The minimum atomic E-state index is -1.62. The summed E-state index contributed by atoms with van der Waals surface area (Å²) in [5.74, 6) is -1.17. The van der Waals surface area contributed by atoms with E-state index in [-0.39, 0.29) is 23.1 Å². The molecule has 0 heterocycles. The Morgan fingerprint density at radius 2 is 0.824 bits per heavy atom. The molecule has 4 aromatic carbocycles. The lowest BCUT2D eigenvalue weighted by atomic mass is 10.0. The van der Waals surface area contributed by atoms with E-state index in [9.17, 15) is 19.5 Å². The molecule has 4 aromatic rings. The maximum absolute atomic E-state index is 12.5. The Kier molecular flexibility index (Phi) is 6.79. The van der Waals surface area contributed by atoms with E-state index in [0.29, 0.717) is 22.3 Å². The molecule has 4 rings (SSSR count). The molecule has 6 heteroatoms. The molecule has 0 saturated heterocycles. The van der Waals surface area contributed by atoms with Crippen molar-refractivity contribution >= 4 is 17.5 Å². The smallest absolute Gasteiger partial charge is 0.387 e. The summed E-state index contributed by atoms with van der Waals surface area (Å²) < 4.78 is 10.9. The fourth-order valence-electron chi connectivity index (χ4n) is 3.25. The lowest BCUT2D eigenvalue weighted by Crippen LogP contribution is -2.33. The molecular formula is C28H20O6. The molecule has 168 valence electrons. The van der Waals surface area contributed by atoms with Gasteiger partial charge in [-0.15, -0.1) is 0 Å². The third-order valence-electron chi connectivity index (χ3n) is 4.99. The number of ketones is 2. The van der Waals surface area contributed by atoms with Gasteiger partial charge in [-0.1, -0.05) is 60.7 Å². The summed E-state index contributed by atoms with van der Waals surface area (Å²) in [6, 6.07) is 30.0. The summed E-state index contributed by atoms with van der Waals surface area (Å²) in [6.07, 6.45) is -1.62. The largest absolute Gasteiger partial charge is 0.476 e. The van der Waals surface area contributed by atoms with Gasteiger partial charge in [-0.25, -0.2) is 4.79 Å². The summed E-state index contributed by atoms with van der Waals surface area (Å²) >= 11 is 0. The number of ether oxygens (including phenoxy) is 2. The zero-order valence-electron chi connectivity index (χ0n) is 18.0. The molecule has 0 aliphatic rings. The van der Waals surface area contributed by atoms with Crippen LogP contribution in [-0.2, 0) is 4.79 Å². The number of rotatable bonds is 9. The van der Waals surface area contributed by atoms with Crippen molar-refractivity contribution < 1.29 is 29.0 Å². The summed E-state index contributed by atoms with van der Waals surface area (Å²) in [4.78, 5) is 36.7. The Balaban J connectivity index is 1.42. The lowest BCUT2D eigenvalue weighted by molar-refractivity contribution is -0.158. The standard InChI is InChI=1S/C28H20O6/c29-25(19-7-3-1-4-8-19)21-11-15-23(16-12-21)33-28(27(31)32)34-24-17-13-22(14-18-24)26(30)20-9-5-2-6-10-20/h1-18,28H,(H,31,32). The number of carboxylic acid groups (broad SMARTS) is 1. The average Bonchev–Trinajstić information content (AvgIpc) is 2.89. The van der Waals surface area contributed by atoms with Crippen LogP contribution in [0.25, 0.3) is 0 Å². The monoisotopic (exact) mass is 452 g/mol. The molecular weight excluding hydrogens is 432 g/mol. The summed E-state index contributed by atoms with van der Waals surface area (Å²) in [7, 11) is 0. The number of benzene rings is 4. The first-order chi connectivity index (χ1) is 16.5. The Labute approximate surface area is 196 Å². The number of carbonyl (C=O) groups excluding carboxylic acids is 2. The van der Waals surface area contributed by atoms with Gasteiger partial charge in [0.15, 0.2) is 11.6 Å². The van der Waals surface area contributed by atoms with Gasteiger partial charge in [-0.3, -0.25) is 9.59 Å². The molecule has 0 aliphatic heterocycles. The van der Waals surface area contributed by atoms with Crippen molar-refractivity contribution in [3.63, 3.8) is 0 Å². The Hall–Kier alpha value is -4.71. The minimum Gasteiger partial charge on any atom is -0.476 e. The molecule has 34 heavy (non-hydrogen) atoms. The molecule has 0 amide bonds.